The third kappa shape index (κ3) is 4.59. The van der Waals surface area contributed by atoms with Crippen LogP contribution in [0.2, 0.25) is 0 Å². The molecule has 0 aliphatic heterocycles. The Kier molecular flexibility index (Phi) is 6.09. The fourth-order valence-corrected chi connectivity index (χ4v) is 1.06. The summed E-state index contributed by atoms with van der Waals surface area (Å²) >= 11 is 0. The second kappa shape index (κ2) is 6.56. The Morgan fingerprint density at radius 3 is 2.23 bits per heavy atom. The van der Waals surface area contributed by atoms with Gasteiger partial charge in [0, 0.05) is 0 Å². The Balaban J connectivity index is 3.95. The van der Waals surface area contributed by atoms with Crippen LogP contribution in [-0.4, -0.2) is 29.9 Å². The highest BCUT2D eigenvalue weighted by molar-refractivity contribution is 5.99. The van der Waals surface area contributed by atoms with Gasteiger partial charge in [-0.25, -0.2) is 0 Å². The van der Waals surface area contributed by atoms with E-state index in [4.69, 9.17) is 16.6 Å². The van der Waals surface area contributed by atoms with Crippen LogP contribution in [0.5, 0.6) is 0 Å². The summed E-state index contributed by atoms with van der Waals surface area (Å²) in [6.45, 7) is 0.308. The van der Waals surface area contributed by atoms with Crippen molar-refractivity contribution < 1.29 is 14.7 Å². The number of carbonyl (C=O) groups excluding carboxylic acids is 1. The summed E-state index contributed by atoms with van der Waals surface area (Å²) in [6, 6.07) is 0. The van der Waals surface area contributed by atoms with Crippen molar-refractivity contribution >= 4 is 11.8 Å². The van der Waals surface area contributed by atoms with Gasteiger partial charge in [0.1, 0.15) is 5.92 Å². The molecule has 13 heavy (non-hydrogen) atoms. The van der Waals surface area contributed by atoms with Crippen molar-refractivity contribution in [3.63, 3.8) is 0 Å². The van der Waals surface area contributed by atoms with E-state index in [0.717, 1.165) is 6.42 Å². The van der Waals surface area contributed by atoms with Gasteiger partial charge in [-0.15, -0.1) is 0 Å². The van der Waals surface area contributed by atoms with Crippen molar-refractivity contribution in [2.45, 2.75) is 19.3 Å². The summed E-state index contributed by atoms with van der Waals surface area (Å²) < 4.78 is 0. The Labute approximate surface area is 77.1 Å². The highest BCUT2D eigenvalue weighted by atomic mass is 16.4. The standard InChI is InChI=1S/C8H16N2O3/c9-4-2-1-3-6(8(12)13)7(11)5-10/h6H,1-5,9-10H2,(H,12,13). The fraction of sp³-hybridized carbons (Fsp3) is 0.750. The number of hydrogen-bond acceptors (Lipinski definition) is 4. The zero-order valence-electron chi connectivity index (χ0n) is 7.53. The van der Waals surface area contributed by atoms with E-state index in [0.29, 0.717) is 19.4 Å². The number of nitrogens with two attached hydrogens (primary N) is 2. The molecule has 5 N–H and O–H groups in total. The van der Waals surface area contributed by atoms with Gasteiger partial charge in [-0.05, 0) is 19.4 Å². The summed E-state index contributed by atoms with van der Waals surface area (Å²) in [5, 5.41) is 8.67. The van der Waals surface area contributed by atoms with Crippen LogP contribution < -0.4 is 11.5 Å². The van der Waals surface area contributed by atoms with Crippen LogP contribution in [0, 0.1) is 5.92 Å². The van der Waals surface area contributed by atoms with Crippen LogP contribution in [0.1, 0.15) is 19.3 Å². The Morgan fingerprint density at radius 1 is 1.23 bits per heavy atom. The molecule has 0 bridgehead atoms. The minimum Gasteiger partial charge on any atom is -0.481 e. The molecule has 0 aromatic heterocycles. The summed E-state index contributed by atoms with van der Waals surface area (Å²) in [7, 11) is 0. The maximum absolute atomic E-state index is 11.0. The number of carboxylic acids is 1. The van der Waals surface area contributed by atoms with Crippen LogP contribution in [0.4, 0.5) is 0 Å². The van der Waals surface area contributed by atoms with Crippen LogP contribution in [0.25, 0.3) is 0 Å². The van der Waals surface area contributed by atoms with Crippen molar-refractivity contribution in [1.82, 2.24) is 0 Å². The first kappa shape index (κ1) is 12.1. The molecule has 0 aliphatic carbocycles. The molecule has 0 saturated heterocycles. The van der Waals surface area contributed by atoms with E-state index in [9.17, 15) is 9.59 Å². The van der Waals surface area contributed by atoms with Gasteiger partial charge in [0.2, 0.25) is 0 Å². The van der Waals surface area contributed by atoms with Crippen molar-refractivity contribution in [3.8, 4) is 0 Å². The summed E-state index contributed by atoms with van der Waals surface area (Å²) in [5.74, 6) is -2.45. The molecule has 0 aromatic rings. The third-order valence-corrected chi connectivity index (χ3v) is 1.83. The van der Waals surface area contributed by atoms with Gasteiger partial charge in [0.05, 0.1) is 6.54 Å². The molecule has 0 aliphatic rings. The molecule has 0 spiro atoms. The topological polar surface area (TPSA) is 106 Å². The van der Waals surface area contributed by atoms with E-state index in [-0.39, 0.29) is 6.54 Å². The SMILES string of the molecule is NCCCCC(C(=O)O)C(=O)CN. The van der Waals surface area contributed by atoms with Crippen LogP contribution in [-0.2, 0) is 9.59 Å². The van der Waals surface area contributed by atoms with E-state index in [1.165, 1.54) is 0 Å². The normalized spacial score (nSPS) is 12.5. The van der Waals surface area contributed by atoms with E-state index >= 15 is 0 Å². The number of carbonyl (C=O) groups is 2. The quantitative estimate of drug-likeness (QED) is 0.363. The lowest BCUT2D eigenvalue weighted by Crippen LogP contribution is -2.29. The van der Waals surface area contributed by atoms with Crippen LogP contribution in [0.15, 0.2) is 0 Å². The lowest BCUT2D eigenvalue weighted by Gasteiger charge is -2.08. The zero-order valence-corrected chi connectivity index (χ0v) is 7.53. The first-order chi connectivity index (χ1) is 6.13. The minimum absolute atomic E-state index is 0.209. The third-order valence-electron chi connectivity index (χ3n) is 1.83. The minimum atomic E-state index is -1.09. The van der Waals surface area contributed by atoms with Crippen molar-refractivity contribution in [2.24, 2.45) is 17.4 Å². The zero-order chi connectivity index (χ0) is 10.3. The van der Waals surface area contributed by atoms with E-state index in [2.05, 4.69) is 0 Å². The number of carboxylic acid groups (broad SMARTS) is 1. The first-order valence-corrected chi connectivity index (χ1v) is 4.29. The monoisotopic (exact) mass is 188 g/mol. The molecule has 1 atom stereocenters. The van der Waals surface area contributed by atoms with Crippen molar-refractivity contribution in [3.05, 3.63) is 0 Å². The maximum Gasteiger partial charge on any atom is 0.314 e. The van der Waals surface area contributed by atoms with Gasteiger partial charge in [-0.2, -0.15) is 0 Å². The predicted molar refractivity (Wildman–Crippen MR) is 48.1 cm³/mol. The molecule has 1 unspecified atom stereocenters. The molecular weight excluding hydrogens is 172 g/mol. The molecule has 0 saturated carbocycles. The molecule has 0 fully saturated rings. The summed E-state index contributed by atoms with van der Waals surface area (Å²) in [6.07, 6.45) is 1.73. The fourth-order valence-electron chi connectivity index (χ4n) is 1.06. The van der Waals surface area contributed by atoms with E-state index in [1.54, 1.807) is 0 Å². The lowest BCUT2D eigenvalue weighted by molar-refractivity contribution is -0.146. The number of rotatable bonds is 7. The number of unbranched alkanes of at least 4 members (excludes halogenated alkanes) is 1. The average Bonchev–Trinajstić information content (AvgIpc) is 2.11. The van der Waals surface area contributed by atoms with E-state index in [1.807, 2.05) is 0 Å². The van der Waals surface area contributed by atoms with Crippen LogP contribution >= 0.6 is 0 Å². The number of hydrogen-bond donors (Lipinski definition) is 3. The van der Waals surface area contributed by atoms with Gasteiger partial charge >= 0.3 is 5.97 Å². The largest absolute Gasteiger partial charge is 0.481 e. The molecule has 5 nitrogen and oxygen atoms in total. The Morgan fingerprint density at radius 2 is 1.85 bits per heavy atom. The molecule has 0 amide bonds. The number of ketones is 1. The van der Waals surface area contributed by atoms with Crippen LogP contribution in [0.3, 0.4) is 0 Å². The second-order valence-corrected chi connectivity index (χ2v) is 2.85. The van der Waals surface area contributed by atoms with Gasteiger partial charge < -0.3 is 16.6 Å². The van der Waals surface area contributed by atoms with Gasteiger partial charge in [-0.3, -0.25) is 9.59 Å². The summed E-state index contributed by atoms with van der Waals surface area (Å²) in [4.78, 5) is 21.6. The molecule has 0 rings (SSSR count). The highest BCUT2D eigenvalue weighted by Crippen LogP contribution is 2.09. The Bertz CT molecular complexity index is 182. The molecule has 0 aromatic carbocycles. The van der Waals surface area contributed by atoms with Crippen molar-refractivity contribution in [2.75, 3.05) is 13.1 Å². The second-order valence-electron chi connectivity index (χ2n) is 2.85. The molecule has 0 heterocycles. The number of Topliss-reactive ketones (excluding diaryl/α,β-unsaturated/α-hetero) is 1. The predicted octanol–water partition coefficient (Wildman–Crippen LogP) is -0.656. The van der Waals surface area contributed by atoms with Gasteiger partial charge in [0.25, 0.3) is 0 Å². The lowest BCUT2D eigenvalue weighted by atomic mass is 9.97. The number of aliphatic carboxylic acids is 1. The smallest absolute Gasteiger partial charge is 0.314 e. The highest BCUT2D eigenvalue weighted by Gasteiger charge is 2.23. The summed E-state index contributed by atoms with van der Waals surface area (Å²) in [5.41, 5.74) is 10.3. The maximum atomic E-state index is 11.0. The Hall–Kier alpha value is -0.940. The van der Waals surface area contributed by atoms with Gasteiger partial charge in [-0.1, -0.05) is 6.42 Å². The molecule has 0 radical (unpaired) electrons. The molecule has 76 valence electrons. The van der Waals surface area contributed by atoms with Crippen molar-refractivity contribution in [1.29, 1.82) is 0 Å². The average molecular weight is 188 g/mol. The first-order valence-electron chi connectivity index (χ1n) is 4.29. The molecular formula is C8H16N2O3. The van der Waals surface area contributed by atoms with E-state index < -0.39 is 17.7 Å². The molecule has 5 heteroatoms. The van der Waals surface area contributed by atoms with Gasteiger partial charge in [0.15, 0.2) is 5.78 Å².